The largest absolute Gasteiger partial charge is 0.357 e. The molecule has 1 spiro atoms. The second kappa shape index (κ2) is 10.2. The lowest BCUT2D eigenvalue weighted by Crippen LogP contribution is -2.62. The summed E-state index contributed by atoms with van der Waals surface area (Å²) >= 11 is 0. The van der Waals surface area contributed by atoms with E-state index in [-0.39, 0.29) is 11.3 Å². The van der Waals surface area contributed by atoms with Gasteiger partial charge in [0.05, 0.1) is 23.5 Å². The number of likely N-dealkylation sites (tertiary alicyclic amines) is 1. The number of pyridine rings is 1. The molecule has 6 rings (SSSR count). The Hall–Kier alpha value is -4.64. The molecule has 40 heavy (non-hydrogen) atoms. The highest BCUT2D eigenvalue weighted by Gasteiger charge is 2.46. The van der Waals surface area contributed by atoms with Crippen molar-refractivity contribution in [3.8, 4) is 6.07 Å². The van der Waals surface area contributed by atoms with Crippen LogP contribution in [0.4, 0.5) is 5.82 Å². The Labute approximate surface area is 235 Å². The molecule has 2 fully saturated rings. The number of aromatic nitrogens is 3. The monoisotopic (exact) mass is 531 g/mol. The zero-order valence-corrected chi connectivity index (χ0v) is 23.2. The Morgan fingerprint density at radius 1 is 1.00 bits per heavy atom. The fourth-order valence-corrected chi connectivity index (χ4v) is 6.12. The summed E-state index contributed by atoms with van der Waals surface area (Å²) in [5.74, 6) is 1.10. The molecule has 2 aromatic heterocycles. The molecule has 1 amide bonds. The van der Waals surface area contributed by atoms with Crippen molar-refractivity contribution in [1.82, 2.24) is 24.6 Å². The number of benzene rings is 1. The number of likely N-dealkylation sites (N-methyl/N-ethyl adjacent to an activating group) is 1. The van der Waals surface area contributed by atoms with E-state index in [4.69, 9.17) is 4.98 Å². The Bertz CT molecular complexity index is 1560. The molecular formula is C32H33N7O. The van der Waals surface area contributed by atoms with E-state index in [1.807, 2.05) is 85.9 Å². The fourth-order valence-electron chi connectivity index (χ4n) is 6.12. The fraction of sp³-hybridized carbons (Fsp3) is 0.312. The third-order valence-electron chi connectivity index (χ3n) is 8.37. The van der Waals surface area contributed by atoms with Gasteiger partial charge in [0.15, 0.2) is 0 Å². The van der Waals surface area contributed by atoms with Crippen LogP contribution in [0.15, 0.2) is 84.6 Å². The number of carbonyl (C=O) groups excluding carboxylic acids is 1. The summed E-state index contributed by atoms with van der Waals surface area (Å²) in [5, 5.41) is 14.0. The van der Waals surface area contributed by atoms with Gasteiger partial charge in [-0.2, -0.15) is 10.4 Å². The summed E-state index contributed by atoms with van der Waals surface area (Å²) < 4.78 is 1.79. The number of hydrogen-bond donors (Lipinski definition) is 0. The van der Waals surface area contributed by atoms with Gasteiger partial charge in [-0.3, -0.25) is 9.48 Å². The third-order valence-corrected chi connectivity index (χ3v) is 8.37. The number of nitriles is 1. The van der Waals surface area contributed by atoms with Crippen molar-refractivity contribution in [2.24, 2.45) is 12.5 Å². The molecule has 8 heteroatoms. The molecule has 1 aromatic carbocycles. The minimum absolute atomic E-state index is 0.134. The van der Waals surface area contributed by atoms with E-state index in [2.05, 4.69) is 34.3 Å². The SMILES string of the molecule is C/C(C#N)=C1/C(c2ccc(N3CCC4(CC3)CN(C(=O)c3ccccc3)C4)nc2)=CC(c2cnn(C)c2)=CN1C. The Morgan fingerprint density at radius 3 is 2.38 bits per heavy atom. The molecule has 0 bridgehead atoms. The van der Waals surface area contributed by atoms with Crippen LogP contribution < -0.4 is 4.90 Å². The molecule has 0 aliphatic carbocycles. The number of nitrogens with zero attached hydrogens (tertiary/aromatic N) is 7. The average molecular weight is 532 g/mol. The first-order valence-corrected chi connectivity index (χ1v) is 13.7. The van der Waals surface area contributed by atoms with Crippen LogP contribution in [0.1, 0.15) is 41.3 Å². The number of rotatable bonds is 4. The van der Waals surface area contributed by atoms with Gasteiger partial charge in [-0.25, -0.2) is 4.98 Å². The van der Waals surface area contributed by atoms with E-state index in [1.54, 1.807) is 4.68 Å². The van der Waals surface area contributed by atoms with E-state index < -0.39 is 0 Å². The standard InChI is InChI=1S/C32H33N7O/c1-23(16-33)30-28(15-26(19-36(30)2)27-18-35-37(3)20-27)25-9-10-29(34-17-25)38-13-11-32(12-14-38)21-39(22-32)31(40)24-7-5-4-6-8-24/h4-10,15,17-20H,11-14,21-22H2,1-3H3/b30-23+. The number of piperidine rings is 1. The lowest BCUT2D eigenvalue weighted by Gasteiger charge is -2.54. The minimum Gasteiger partial charge on any atom is -0.357 e. The van der Waals surface area contributed by atoms with Crippen LogP contribution >= 0.6 is 0 Å². The zero-order chi connectivity index (χ0) is 27.9. The number of amides is 1. The summed E-state index contributed by atoms with van der Waals surface area (Å²) in [7, 11) is 3.88. The molecule has 0 radical (unpaired) electrons. The van der Waals surface area contributed by atoms with E-state index in [1.165, 1.54) is 0 Å². The molecule has 2 saturated heterocycles. The van der Waals surface area contributed by atoms with Crippen molar-refractivity contribution in [3.63, 3.8) is 0 Å². The van der Waals surface area contributed by atoms with E-state index in [0.717, 1.165) is 78.4 Å². The van der Waals surface area contributed by atoms with Crippen LogP contribution in [0, 0.1) is 16.7 Å². The molecule has 0 saturated carbocycles. The highest BCUT2D eigenvalue weighted by Crippen LogP contribution is 2.42. The van der Waals surface area contributed by atoms with Gasteiger partial charge in [0.25, 0.3) is 5.91 Å². The second-order valence-corrected chi connectivity index (χ2v) is 11.2. The molecule has 3 aliphatic rings. The number of anilines is 1. The van der Waals surface area contributed by atoms with Gasteiger partial charge in [-0.15, -0.1) is 0 Å². The highest BCUT2D eigenvalue weighted by molar-refractivity contribution is 5.95. The lowest BCUT2D eigenvalue weighted by atomic mass is 9.71. The van der Waals surface area contributed by atoms with E-state index in [0.29, 0.717) is 5.57 Å². The normalized spacial score (nSPS) is 19.5. The van der Waals surface area contributed by atoms with Crippen molar-refractivity contribution in [3.05, 3.63) is 101 Å². The van der Waals surface area contributed by atoms with Gasteiger partial charge < -0.3 is 14.7 Å². The topological polar surface area (TPSA) is 81.3 Å². The predicted molar refractivity (Wildman–Crippen MR) is 156 cm³/mol. The molecular weight excluding hydrogens is 498 g/mol. The summed E-state index contributed by atoms with van der Waals surface area (Å²) in [5.41, 5.74) is 6.52. The summed E-state index contributed by atoms with van der Waals surface area (Å²) in [4.78, 5) is 24.0. The van der Waals surface area contributed by atoms with Crippen LogP contribution in [0.25, 0.3) is 11.1 Å². The molecule has 3 aliphatic heterocycles. The van der Waals surface area contributed by atoms with Crippen LogP contribution in [0.5, 0.6) is 0 Å². The van der Waals surface area contributed by atoms with Gasteiger partial charge in [0.1, 0.15) is 5.82 Å². The molecule has 202 valence electrons. The number of hydrogen-bond acceptors (Lipinski definition) is 6. The summed E-state index contributed by atoms with van der Waals surface area (Å²) in [6.07, 6.45) is 12.0. The first-order chi connectivity index (χ1) is 19.4. The Kier molecular flexibility index (Phi) is 6.51. The Balaban J connectivity index is 1.15. The molecule has 0 N–H and O–H groups in total. The minimum atomic E-state index is 0.134. The summed E-state index contributed by atoms with van der Waals surface area (Å²) in [6, 6.07) is 16.1. The third kappa shape index (κ3) is 4.68. The van der Waals surface area contributed by atoms with Gasteiger partial charge in [0, 0.05) is 92.1 Å². The maximum atomic E-state index is 12.8. The maximum Gasteiger partial charge on any atom is 0.253 e. The summed E-state index contributed by atoms with van der Waals surface area (Å²) in [6.45, 7) is 5.38. The molecule has 3 aromatic rings. The quantitative estimate of drug-likeness (QED) is 0.453. The van der Waals surface area contributed by atoms with Gasteiger partial charge >= 0.3 is 0 Å². The van der Waals surface area contributed by atoms with Gasteiger partial charge in [0.2, 0.25) is 0 Å². The maximum absolute atomic E-state index is 12.8. The zero-order valence-electron chi connectivity index (χ0n) is 23.2. The van der Waals surface area contributed by atoms with Crippen molar-refractivity contribution < 1.29 is 4.79 Å². The lowest BCUT2D eigenvalue weighted by molar-refractivity contribution is -0.00791. The van der Waals surface area contributed by atoms with Crippen LogP contribution in [-0.2, 0) is 7.05 Å². The molecule has 5 heterocycles. The molecule has 8 nitrogen and oxygen atoms in total. The smallest absolute Gasteiger partial charge is 0.253 e. The molecule has 0 unspecified atom stereocenters. The predicted octanol–water partition coefficient (Wildman–Crippen LogP) is 4.73. The first kappa shape index (κ1) is 25.6. The van der Waals surface area contributed by atoms with Gasteiger partial charge in [-0.05, 0) is 50.1 Å². The van der Waals surface area contributed by atoms with Crippen LogP contribution in [0.3, 0.4) is 0 Å². The van der Waals surface area contributed by atoms with Crippen LogP contribution in [0.2, 0.25) is 0 Å². The van der Waals surface area contributed by atoms with E-state index in [9.17, 15) is 10.1 Å². The number of aryl methyl sites for hydroxylation is 1. The average Bonchev–Trinajstić information content (AvgIpc) is 3.41. The van der Waals surface area contributed by atoms with Crippen molar-refractivity contribution in [1.29, 1.82) is 5.26 Å². The second-order valence-electron chi connectivity index (χ2n) is 11.2. The van der Waals surface area contributed by atoms with Gasteiger partial charge in [-0.1, -0.05) is 18.2 Å². The van der Waals surface area contributed by atoms with Crippen molar-refractivity contribution >= 4 is 22.9 Å². The number of carbonyl (C=O) groups is 1. The van der Waals surface area contributed by atoms with Crippen molar-refractivity contribution in [2.45, 2.75) is 19.8 Å². The van der Waals surface area contributed by atoms with Crippen molar-refractivity contribution in [2.75, 3.05) is 38.1 Å². The van der Waals surface area contributed by atoms with Crippen LogP contribution in [-0.4, -0.2) is 63.7 Å². The first-order valence-electron chi connectivity index (χ1n) is 13.7. The highest BCUT2D eigenvalue weighted by atomic mass is 16.2. The Morgan fingerprint density at radius 2 is 1.75 bits per heavy atom. The number of allylic oxidation sites excluding steroid dienone is 4. The van der Waals surface area contributed by atoms with E-state index >= 15 is 0 Å². The molecule has 0 atom stereocenters.